The molecule has 7 atom stereocenters. The highest BCUT2D eigenvalue weighted by Crippen LogP contribution is 2.57. The van der Waals surface area contributed by atoms with E-state index in [0.717, 1.165) is 23.9 Å². The number of aromatic amines is 1. The third-order valence-electron chi connectivity index (χ3n) is 5.68. The van der Waals surface area contributed by atoms with Crippen LogP contribution < -0.4 is 21.7 Å². The van der Waals surface area contributed by atoms with Gasteiger partial charge < -0.3 is 24.2 Å². The van der Waals surface area contributed by atoms with Crippen LogP contribution >= 0.6 is 18.1 Å². The van der Waals surface area contributed by atoms with Gasteiger partial charge in [0.25, 0.3) is 5.56 Å². The van der Waals surface area contributed by atoms with E-state index in [2.05, 4.69) is 15.1 Å². The maximum Gasteiger partial charge on any atom is 0.330 e. The molecule has 0 saturated carbocycles. The molecule has 2 unspecified atom stereocenters. The fourth-order valence-corrected chi connectivity index (χ4v) is 7.69. The van der Waals surface area contributed by atoms with Crippen molar-refractivity contribution in [2.45, 2.75) is 50.3 Å². The summed E-state index contributed by atoms with van der Waals surface area (Å²) >= 11 is 0.676. The normalized spacial score (nSPS) is 30.6. The van der Waals surface area contributed by atoms with Crippen LogP contribution in [0.2, 0.25) is 0 Å². The summed E-state index contributed by atoms with van der Waals surface area (Å²) in [5.41, 5.74) is -3.57. The molecule has 200 valence electrons. The van der Waals surface area contributed by atoms with Gasteiger partial charge in [0.2, 0.25) is 11.8 Å². The van der Waals surface area contributed by atoms with Crippen LogP contribution in [0.4, 0.5) is 0 Å². The summed E-state index contributed by atoms with van der Waals surface area (Å²) in [5, 5.41) is 26.1. The van der Waals surface area contributed by atoms with Crippen molar-refractivity contribution >= 4 is 35.9 Å². The Hall–Kier alpha value is -2.33. The van der Waals surface area contributed by atoms with Crippen LogP contribution in [0.25, 0.3) is 0 Å². The second-order valence-corrected chi connectivity index (χ2v) is 12.8. The number of hydrogen-bond donors (Lipinski definition) is 5. The molecule has 36 heavy (non-hydrogen) atoms. The van der Waals surface area contributed by atoms with Gasteiger partial charge in [-0.05, 0) is 13.8 Å². The van der Waals surface area contributed by atoms with E-state index in [1.807, 2.05) is 4.98 Å². The smallest absolute Gasteiger partial charge is 0.330 e. The Kier molecular flexibility index (Phi) is 8.60. The van der Waals surface area contributed by atoms with E-state index in [9.17, 15) is 38.8 Å². The molecule has 2 fully saturated rings. The van der Waals surface area contributed by atoms with Crippen LogP contribution in [0, 0.1) is 5.92 Å². The highest BCUT2D eigenvalue weighted by atomic mass is 32.7. The highest BCUT2D eigenvalue weighted by molar-refractivity contribution is 8.56. The summed E-state index contributed by atoms with van der Waals surface area (Å²) in [6, 6.07) is -0.0541. The van der Waals surface area contributed by atoms with Crippen LogP contribution in [-0.2, 0) is 32.9 Å². The SMILES string of the molecule is COC(=O)[C@@H](C)NP(=O)(OC[C@H]1O[C@@H](n2ccc(=O)[nH]c2=O)[C@](C)(O)[C@@H]1O)SCC1CC(=O)NC1=O. The number of amides is 2. The quantitative estimate of drug-likeness (QED) is 0.124. The van der Waals surface area contributed by atoms with Gasteiger partial charge in [0.15, 0.2) is 6.23 Å². The molecule has 2 saturated heterocycles. The molecule has 0 aromatic carbocycles. The van der Waals surface area contributed by atoms with Crippen LogP contribution in [0.5, 0.6) is 0 Å². The number of rotatable bonds is 10. The average molecular weight is 550 g/mol. The average Bonchev–Trinajstić information content (AvgIpc) is 3.24. The molecule has 0 bridgehead atoms. The monoisotopic (exact) mass is 550 g/mol. The Morgan fingerprint density at radius 3 is 2.69 bits per heavy atom. The summed E-state index contributed by atoms with van der Waals surface area (Å²) in [6.45, 7) is -1.96. The number of methoxy groups -OCH3 is 1. The molecule has 1 aromatic heterocycles. The zero-order valence-electron chi connectivity index (χ0n) is 19.5. The number of nitrogens with zero attached hydrogens (tertiary/aromatic N) is 1. The van der Waals surface area contributed by atoms with E-state index in [0.29, 0.717) is 11.4 Å². The number of aliphatic hydroxyl groups is 2. The number of nitrogens with one attached hydrogen (secondary N) is 3. The standard InChI is InChI=1S/C19H27N4O11PS/c1-9(16(28)32-3)22-35(31,36-8-10-6-13(25)20-15(10)27)33-7-11-14(26)19(2,30)17(34-11)23-5-4-12(24)21-18(23)29/h4-5,9-11,14,17,26,30H,6-8H2,1-3H3,(H,22,31)(H,20,25,27)(H,21,24,29)/t9-,10?,11-,14-,17-,19-,35?/m1/s1. The van der Waals surface area contributed by atoms with Gasteiger partial charge >= 0.3 is 18.4 Å². The van der Waals surface area contributed by atoms with Gasteiger partial charge in [0.1, 0.15) is 23.9 Å². The van der Waals surface area contributed by atoms with E-state index >= 15 is 0 Å². The molecule has 2 aliphatic rings. The van der Waals surface area contributed by atoms with Crippen molar-refractivity contribution in [1.29, 1.82) is 0 Å². The van der Waals surface area contributed by atoms with Gasteiger partial charge in [0, 0.05) is 24.4 Å². The molecule has 0 aliphatic carbocycles. The van der Waals surface area contributed by atoms with E-state index in [1.165, 1.54) is 13.8 Å². The molecule has 15 nitrogen and oxygen atoms in total. The van der Waals surface area contributed by atoms with Crippen molar-refractivity contribution < 1.29 is 43.2 Å². The minimum Gasteiger partial charge on any atom is -0.468 e. The lowest BCUT2D eigenvalue weighted by Crippen LogP contribution is -2.46. The van der Waals surface area contributed by atoms with Crippen LogP contribution in [0.3, 0.4) is 0 Å². The Morgan fingerprint density at radius 2 is 2.11 bits per heavy atom. The van der Waals surface area contributed by atoms with E-state index < -0.39 is 78.4 Å². The van der Waals surface area contributed by atoms with Gasteiger partial charge in [0.05, 0.1) is 19.6 Å². The van der Waals surface area contributed by atoms with Crippen molar-refractivity contribution in [2.24, 2.45) is 5.92 Å². The highest BCUT2D eigenvalue weighted by Gasteiger charge is 2.54. The fraction of sp³-hybridized carbons (Fsp3) is 0.632. The first kappa shape index (κ1) is 28.2. The molecule has 5 N–H and O–H groups in total. The number of ether oxygens (including phenoxy) is 2. The first-order chi connectivity index (χ1) is 16.8. The molecule has 0 spiro atoms. The molecule has 2 amide bonds. The third-order valence-corrected chi connectivity index (χ3v) is 9.87. The summed E-state index contributed by atoms with van der Waals surface area (Å²) in [7, 11) is 1.14. The van der Waals surface area contributed by atoms with E-state index in [4.69, 9.17) is 9.26 Å². The number of aliphatic hydroxyl groups excluding tert-OH is 1. The topological polar surface area (TPSA) is 215 Å². The predicted octanol–water partition coefficient (Wildman–Crippen LogP) is -1.78. The second kappa shape index (κ2) is 11.0. The Bertz CT molecular complexity index is 1180. The number of carbonyl (C=O) groups is 3. The lowest BCUT2D eigenvalue weighted by molar-refractivity contribution is -0.142. The lowest BCUT2D eigenvalue weighted by Gasteiger charge is -2.27. The number of carbonyl (C=O) groups excluding carboxylic acids is 3. The lowest BCUT2D eigenvalue weighted by atomic mass is 9.96. The summed E-state index contributed by atoms with van der Waals surface area (Å²) in [5.74, 6) is -2.59. The van der Waals surface area contributed by atoms with Gasteiger partial charge in [-0.3, -0.25) is 38.6 Å². The molecule has 3 heterocycles. The van der Waals surface area contributed by atoms with Crippen LogP contribution in [0.1, 0.15) is 26.5 Å². The molecular formula is C19H27N4O11PS. The summed E-state index contributed by atoms with van der Waals surface area (Å²) in [4.78, 5) is 60.7. The number of esters is 1. The maximum atomic E-state index is 13.6. The molecular weight excluding hydrogens is 523 g/mol. The van der Waals surface area contributed by atoms with Gasteiger partial charge in [-0.25, -0.2) is 9.88 Å². The largest absolute Gasteiger partial charge is 0.468 e. The number of aromatic nitrogens is 2. The number of hydrogen-bond acceptors (Lipinski definition) is 12. The van der Waals surface area contributed by atoms with Gasteiger partial charge in [-0.1, -0.05) is 11.4 Å². The van der Waals surface area contributed by atoms with Crippen molar-refractivity contribution in [3.63, 3.8) is 0 Å². The van der Waals surface area contributed by atoms with E-state index in [-0.39, 0.29) is 12.2 Å². The van der Waals surface area contributed by atoms with Crippen LogP contribution in [-0.4, -0.2) is 80.9 Å². The Labute approximate surface area is 208 Å². The Balaban J connectivity index is 1.76. The van der Waals surface area contributed by atoms with Gasteiger partial charge in [-0.15, -0.1) is 0 Å². The molecule has 3 rings (SSSR count). The zero-order chi connectivity index (χ0) is 26.8. The minimum atomic E-state index is -3.98. The second-order valence-electron chi connectivity index (χ2n) is 8.49. The predicted molar refractivity (Wildman–Crippen MR) is 124 cm³/mol. The van der Waals surface area contributed by atoms with E-state index in [1.54, 1.807) is 0 Å². The Morgan fingerprint density at radius 1 is 1.42 bits per heavy atom. The van der Waals surface area contributed by atoms with Crippen molar-refractivity contribution in [3.05, 3.63) is 33.1 Å². The van der Waals surface area contributed by atoms with Gasteiger partial charge in [-0.2, -0.15) is 0 Å². The van der Waals surface area contributed by atoms with Crippen molar-refractivity contribution in [1.82, 2.24) is 20.0 Å². The molecule has 2 aliphatic heterocycles. The van der Waals surface area contributed by atoms with Crippen molar-refractivity contribution in [2.75, 3.05) is 19.5 Å². The third kappa shape index (κ3) is 6.14. The zero-order valence-corrected chi connectivity index (χ0v) is 21.2. The first-order valence-corrected chi connectivity index (χ1v) is 13.9. The molecule has 0 radical (unpaired) electrons. The summed E-state index contributed by atoms with van der Waals surface area (Å²) in [6.07, 6.45) is -3.33. The maximum absolute atomic E-state index is 13.6. The number of H-pyrrole nitrogens is 1. The number of imide groups is 1. The van der Waals surface area contributed by atoms with Crippen molar-refractivity contribution in [3.8, 4) is 0 Å². The van der Waals surface area contributed by atoms with Crippen LogP contribution in [0.15, 0.2) is 21.9 Å². The first-order valence-electron chi connectivity index (χ1n) is 10.7. The fourth-order valence-electron chi connectivity index (χ4n) is 3.67. The molecule has 17 heteroatoms. The summed E-state index contributed by atoms with van der Waals surface area (Å²) < 4.78 is 30.2. The minimum absolute atomic E-state index is 0.0864. The molecule has 1 aromatic rings.